The lowest BCUT2D eigenvalue weighted by Gasteiger charge is -2.00. The van der Waals surface area contributed by atoms with Gasteiger partial charge in [-0.2, -0.15) is 0 Å². The van der Waals surface area contributed by atoms with Crippen molar-refractivity contribution in [1.82, 2.24) is 4.57 Å². The highest BCUT2D eigenvalue weighted by molar-refractivity contribution is 6.43. The van der Waals surface area contributed by atoms with Crippen LogP contribution in [0.3, 0.4) is 0 Å². The summed E-state index contributed by atoms with van der Waals surface area (Å²) in [6.07, 6.45) is 2.37. The van der Waals surface area contributed by atoms with E-state index in [9.17, 15) is 9.59 Å². The van der Waals surface area contributed by atoms with Gasteiger partial charge in [0.05, 0.1) is 12.2 Å². The molecule has 0 spiro atoms. The maximum atomic E-state index is 12.0. The number of ether oxygens (including phenoxy) is 1. The second-order valence-electron chi connectivity index (χ2n) is 4.14. The summed E-state index contributed by atoms with van der Waals surface area (Å²) in [4.78, 5) is 23.6. The molecule has 4 heteroatoms. The Morgan fingerprint density at radius 3 is 2.72 bits per heavy atom. The number of Topliss-reactive ketones (excluding diaryl/α,β-unsaturated/α-hetero) is 1. The molecule has 0 unspecified atom stereocenters. The molecule has 0 amide bonds. The lowest BCUT2D eigenvalue weighted by molar-refractivity contribution is -0.138. The Morgan fingerprint density at radius 1 is 1.28 bits per heavy atom. The molecule has 2 rings (SSSR count). The number of benzene rings is 1. The minimum atomic E-state index is -0.784. The van der Waals surface area contributed by atoms with Crippen molar-refractivity contribution in [2.75, 3.05) is 6.61 Å². The Kier molecular flexibility index (Phi) is 3.46. The van der Waals surface area contributed by atoms with Gasteiger partial charge >= 0.3 is 5.97 Å². The smallest absolute Gasteiger partial charge is 0.379 e. The maximum absolute atomic E-state index is 12.0. The average molecular weight is 245 g/mol. The Morgan fingerprint density at radius 2 is 2.00 bits per heavy atom. The zero-order valence-electron chi connectivity index (χ0n) is 10.5. The minimum absolute atomic E-state index is 0.273. The van der Waals surface area contributed by atoms with Crippen LogP contribution in [0.25, 0.3) is 10.9 Å². The number of aromatic nitrogens is 1. The number of fused-ring (bicyclic) bond motifs is 1. The van der Waals surface area contributed by atoms with Gasteiger partial charge in [0, 0.05) is 24.1 Å². The number of esters is 1. The number of rotatable bonds is 4. The van der Waals surface area contributed by atoms with Crippen LogP contribution in [0.4, 0.5) is 0 Å². The summed E-state index contributed by atoms with van der Waals surface area (Å²) in [7, 11) is 1.84. The van der Waals surface area contributed by atoms with Gasteiger partial charge in [-0.1, -0.05) is 25.1 Å². The Labute approximate surface area is 105 Å². The van der Waals surface area contributed by atoms with Crippen molar-refractivity contribution in [1.29, 1.82) is 0 Å². The van der Waals surface area contributed by atoms with Crippen LogP contribution in [0.15, 0.2) is 30.5 Å². The molecular formula is C14H15NO3. The van der Waals surface area contributed by atoms with E-state index in [1.165, 1.54) is 0 Å². The molecule has 4 nitrogen and oxygen atoms in total. The lowest BCUT2D eigenvalue weighted by atomic mass is 10.1. The molecule has 0 saturated heterocycles. The molecule has 0 bridgehead atoms. The second-order valence-corrected chi connectivity index (χ2v) is 4.14. The van der Waals surface area contributed by atoms with Crippen molar-refractivity contribution in [3.05, 3.63) is 36.0 Å². The van der Waals surface area contributed by atoms with Crippen LogP contribution in [0.2, 0.25) is 0 Å². The van der Waals surface area contributed by atoms with E-state index in [1.807, 2.05) is 42.8 Å². The minimum Gasteiger partial charge on any atom is -0.460 e. The fourth-order valence-corrected chi connectivity index (χ4v) is 1.89. The Bertz CT molecular complexity index is 598. The summed E-state index contributed by atoms with van der Waals surface area (Å²) in [5.41, 5.74) is 1.32. The first-order valence-corrected chi connectivity index (χ1v) is 5.90. The molecule has 0 aliphatic rings. The molecule has 94 valence electrons. The molecular weight excluding hydrogens is 230 g/mol. The summed E-state index contributed by atoms with van der Waals surface area (Å²) >= 11 is 0. The predicted octanol–water partition coefficient (Wildman–Crippen LogP) is 2.31. The largest absolute Gasteiger partial charge is 0.460 e. The molecule has 0 aliphatic carbocycles. The van der Waals surface area contributed by atoms with Gasteiger partial charge in [-0.3, -0.25) is 4.79 Å². The standard InChI is InChI=1S/C14H15NO3/c1-3-8-18-14(17)13(16)11-9-15(2)12-7-5-4-6-10(11)12/h4-7,9H,3,8H2,1-2H3. The van der Waals surface area contributed by atoms with Gasteiger partial charge in [0.2, 0.25) is 0 Å². The normalized spacial score (nSPS) is 10.6. The molecule has 0 N–H and O–H groups in total. The van der Waals surface area contributed by atoms with Crippen molar-refractivity contribution in [3.63, 3.8) is 0 Å². The van der Waals surface area contributed by atoms with Crippen LogP contribution in [-0.2, 0) is 16.6 Å². The summed E-state index contributed by atoms with van der Waals surface area (Å²) in [5.74, 6) is -1.37. The highest BCUT2D eigenvalue weighted by atomic mass is 16.5. The van der Waals surface area contributed by atoms with Gasteiger partial charge in [-0.25, -0.2) is 4.79 Å². The molecule has 1 aromatic carbocycles. The topological polar surface area (TPSA) is 48.3 Å². The zero-order valence-corrected chi connectivity index (χ0v) is 10.5. The van der Waals surface area contributed by atoms with Crippen molar-refractivity contribution in [2.24, 2.45) is 7.05 Å². The van der Waals surface area contributed by atoms with E-state index in [0.29, 0.717) is 12.0 Å². The lowest BCUT2D eigenvalue weighted by Crippen LogP contribution is -2.17. The van der Waals surface area contributed by atoms with Crippen LogP contribution < -0.4 is 0 Å². The quantitative estimate of drug-likeness (QED) is 0.472. The van der Waals surface area contributed by atoms with E-state index in [1.54, 1.807) is 6.20 Å². The highest BCUT2D eigenvalue weighted by Gasteiger charge is 2.21. The number of aryl methyl sites for hydroxylation is 1. The first-order chi connectivity index (χ1) is 8.65. The third-order valence-corrected chi connectivity index (χ3v) is 2.76. The van der Waals surface area contributed by atoms with Crippen LogP contribution in [0, 0.1) is 0 Å². The number of para-hydroxylation sites is 1. The summed E-state index contributed by atoms with van der Waals surface area (Å²) < 4.78 is 6.70. The predicted molar refractivity (Wildman–Crippen MR) is 68.5 cm³/mol. The van der Waals surface area contributed by atoms with Gasteiger partial charge in [-0.05, 0) is 12.5 Å². The molecule has 0 atom stereocenters. The van der Waals surface area contributed by atoms with Crippen molar-refractivity contribution in [2.45, 2.75) is 13.3 Å². The van der Waals surface area contributed by atoms with Crippen molar-refractivity contribution >= 4 is 22.7 Å². The molecule has 2 aromatic rings. The van der Waals surface area contributed by atoms with Gasteiger partial charge in [0.25, 0.3) is 5.78 Å². The van der Waals surface area contributed by atoms with E-state index < -0.39 is 11.8 Å². The average Bonchev–Trinajstić information content (AvgIpc) is 2.73. The highest BCUT2D eigenvalue weighted by Crippen LogP contribution is 2.20. The molecule has 18 heavy (non-hydrogen) atoms. The van der Waals surface area contributed by atoms with E-state index in [0.717, 1.165) is 10.9 Å². The Hall–Kier alpha value is -2.10. The summed E-state index contributed by atoms with van der Waals surface area (Å²) in [6.45, 7) is 2.16. The Balaban J connectivity index is 2.36. The van der Waals surface area contributed by atoms with Gasteiger partial charge in [0.1, 0.15) is 0 Å². The zero-order chi connectivity index (χ0) is 13.1. The van der Waals surface area contributed by atoms with Crippen LogP contribution >= 0.6 is 0 Å². The third-order valence-electron chi connectivity index (χ3n) is 2.76. The molecule has 0 aliphatic heterocycles. The number of ketones is 1. The maximum Gasteiger partial charge on any atom is 0.379 e. The van der Waals surface area contributed by atoms with Crippen LogP contribution in [0.5, 0.6) is 0 Å². The van der Waals surface area contributed by atoms with Crippen LogP contribution in [0.1, 0.15) is 23.7 Å². The number of nitrogens with zero attached hydrogens (tertiary/aromatic N) is 1. The molecule has 0 radical (unpaired) electrons. The van der Waals surface area contributed by atoms with Gasteiger partial charge in [0.15, 0.2) is 0 Å². The first-order valence-electron chi connectivity index (χ1n) is 5.90. The number of carbonyl (C=O) groups is 2. The summed E-state index contributed by atoms with van der Waals surface area (Å²) in [5, 5.41) is 0.776. The fourth-order valence-electron chi connectivity index (χ4n) is 1.89. The second kappa shape index (κ2) is 5.04. The monoisotopic (exact) mass is 245 g/mol. The SMILES string of the molecule is CCCOC(=O)C(=O)c1cn(C)c2ccccc12. The molecule has 1 aromatic heterocycles. The van der Waals surface area contributed by atoms with E-state index >= 15 is 0 Å². The van der Waals surface area contributed by atoms with Crippen molar-refractivity contribution in [3.8, 4) is 0 Å². The van der Waals surface area contributed by atoms with Gasteiger partial charge < -0.3 is 9.30 Å². The molecule has 0 saturated carbocycles. The van der Waals surface area contributed by atoms with E-state index in [4.69, 9.17) is 4.74 Å². The number of carbonyl (C=O) groups excluding carboxylic acids is 2. The first kappa shape index (κ1) is 12.4. The fraction of sp³-hybridized carbons (Fsp3) is 0.286. The third kappa shape index (κ3) is 2.14. The van der Waals surface area contributed by atoms with Gasteiger partial charge in [-0.15, -0.1) is 0 Å². The van der Waals surface area contributed by atoms with E-state index in [2.05, 4.69) is 0 Å². The number of hydrogen-bond donors (Lipinski definition) is 0. The van der Waals surface area contributed by atoms with E-state index in [-0.39, 0.29) is 6.61 Å². The molecule has 1 heterocycles. The number of hydrogen-bond acceptors (Lipinski definition) is 3. The van der Waals surface area contributed by atoms with Crippen molar-refractivity contribution < 1.29 is 14.3 Å². The summed E-state index contributed by atoms with van der Waals surface area (Å²) in [6, 6.07) is 7.47. The van der Waals surface area contributed by atoms with Crippen LogP contribution in [-0.4, -0.2) is 22.9 Å². The molecule has 0 fully saturated rings.